The van der Waals surface area contributed by atoms with Crippen LogP contribution in [-0.2, 0) is 6.42 Å². The fourth-order valence-corrected chi connectivity index (χ4v) is 6.04. The molecule has 4 aliphatic rings. The molecule has 2 heteroatoms. The van der Waals surface area contributed by atoms with Crippen molar-refractivity contribution in [2.45, 2.75) is 64.7 Å². The lowest BCUT2D eigenvalue weighted by molar-refractivity contribution is -0.0108. The van der Waals surface area contributed by atoms with Crippen LogP contribution in [0.15, 0.2) is 29.3 Å². The Bertz CT molecular complexity index is 551. The lowest BCUT2D eigenvalue weighted by atomic mass is 9.50. The molecule has 4 aliphatic carbocycles. The first-order valence-corrected chi connectivity index (χ1v) is 9.88. The zero-order valence-corrected chi connectivity index (χ0v) is 15.0. The highest BCUT2D eigenvalue weighted by atomic mass is 35.5. The molecule has 124 valence electrons. The fourth-order valence-electron chi connectivity index (χ4n) is 5.71. The van der Waals surface area contributed by atoms with E-state index in [2.05, 4.69) is 31.2 Å². The number of benzene rings is 1. The molecule has 1 nitrogen and oxygen atoms in total. The number of hydrogen-bond acceptors (Lipinski definition) is 1. The predicted molar refractivity (Wildman–Crippen MR) is 98.6 cm³/mol. The van der Waals surface area contributed by atoms with Gasteiger partial charge in [-0.2, -0.15) is 0 Å². The van der Waals surface area contributed by atoms with E-state index in [1.165, 1.54) is 63.4 Å². The first kappa shape index (κ1) is 15.7. The van der Waals surface area contributed by atoms with E-state index >= 15 is 0 Å². The summed E-state index contributed by atoms with van der Waals surface area (Å²) in [6.45, 7) is 2.24. The number of unbranched alkanes of at least 4 members (excludes halogenated alkanes) is 1. The normalized spacial score (nSPS) is 35.7. The first-order valence-electron chi connectivity index (χ1n) is 9.50. The van der Waals surface area contributed by atoms with Crippen molar-refractivity contribution in [2.75, 3.05) is 0 Å². The van der Waals surface area contributed by atoms with Gasteiger partial charge in [0.25, 0.3) is 0 Å². The largest absolute Gasteiger partial charge is 0.241 e. The Kier molecular flexibility index (Phi) is 4.26. The van der Waals surface area contributed by atoms with Crippen molar-refractivity contribution in [1.29, 1.82) is 0 Å². The quantitative estimate of drug-likeness (QED) is 0.546. The molecule has 1 aromatic rings. The highest BCUT2D eigenvalue weighted by Gasteiger charge is 2.53. The molecular formula is C21H28ClN. The Balaban J connectivity index is 1.52. The van der Waals surface area contributed by atoms with Crippen LogP contribution in [0.3, 0.4) is 0 Å². The molecule has 1 aromatic carbocycles. The maximum Gasteiger partial charge on any atom is 0.113 e. The molecule has 0 atom stereocenters. The number of aryl methyl sites for hydroxylation is 1. The Morgan fingerprint density at radius 3 is 2.13 bits per heavy atom. The van der Waals surface area contributed by atoms with Gasteiger partial charge in [0.2, 0.25) is 0 Å². The van der Waals surface area contributed by atoms with Crippen LogP contribution >= 0.6 is 11.6 Å². The maximum absolute atomic E-state index is 6.81. The van der Waals surface area contributed by atoms with E-state index in [9.17, 15) is 0 Å². The van der Waals surface area contributed by atoms with E-state index in [1.807, 2.05) is 0 Å². The highest BCUT2D eigenvalue weighted by molar-refractivity contribution is 6.66. The number of rotatable bonds is 5. The summed E-state index contributed by atoms with van der Waals surface area (Å²) in [7, 11) is 0. The summed E-state index contributed by atoms with van der Waals surface area (Å²) in [5.74, 6) is 2.75. The SMILES string of the molecule is CCCCc1ccc(N=C(Cl)C23CC4CC(CC(C4)C2)C3)cc1. The van der Waals surface area contributed by atoms with Crippen molar-refractivity contribution < 1.29 is 0 Å². The third-order valence-electron chi connectivity index (χ3n) is 6.46. The molecule has 0 radical (unpaired) electrons. The molecule has 4 saturated carbocycles. The molecule has 0 aliphatic heterocycles. The van der Waals surface area contributed by atoms with Gasteiger partial charge in [0.15, 0.2) is 0 Å². The van der Waals surface area contributed by atoms with Crippen LogP contribution < -0.4 is 0 Å². The van der Waals surface area contributed by atoms with Gasteiger partial charge in [-0.25, -0.2) is 4.99 Å². The number of hydrogen-bond donors (Lipinski definition) is 0. The van der Waals surface area contributed by atoms with Crippen LogP contribution in [0.5, 0.6) is 0 Å². The molecule has 0 amide bonds. The molecule has 5 rings (SSSR count). The maximum atomic E-state index is 6.81. The van der Waals surface area contributed by atoms with Gasteiger partial charge in [0, 0.05) is 5.41 Å². The minimum atomic E-state index is 0.219. The van der Waals surface area contributed by atoms with Gasteiger partial charge in [-0.05, 0) is 86.8 Å². The summed E-state index contributed by atoms with van der Waals surface area (Å²) in [6.07, 6.45) is 11.9. The predicted octanol–water partition coefficient (Wildman–Crippen LogP) is 6.51. The molecular weight excluding hydrogens is 302 g/mol. The number of halogens is 1. The Labute approximate surface area is 145 Å². The molecule has 0 saturated heterocycles. The summed E-state index contributed by atoms with van der Waals surface area (Å²) in [4.78, 5) is 4.85. The van der Waals surface area contributed by atoms with Crippen LogP contribution in [0.4, 0.5) is 5.69 Å². The minimum Gasteiger partial charge on any atom is -0.241 e. The monoisotopic (exact) mass is 329 g/mol. The van der Waals surface area contributed by atoms with E-state index in [1.54, 1.807) is 0 Å². The summed E-state index contributed by atoms with van der Waals surface area (Å²) in [5, 5.41) is 0.901. The van der Waals surface area contributed by atoms with Crippen molar-refractivity contribution in [2.24, 2.45) is 28.2 Å². The van der Waals surface area contributed by atoms with Gasteiger partial charge in [-0.15, -0.1) is 0 Å². The van der Waals surface area contributed by atoms with Gasteiger partial charge >= 0.3 is 0 Å². The average Bonchev–Trinajstić information content (AvgIpc) is 2.53. The summed E-state index contributed by atoms with van der Waals surface area (Å²) in [5.41, 5.74) is 2.67. The summed E-state index contributed by atoms with van der Waals surface area (Å²) in [6, 6.07) is 8.73. The zero-order chi connectivity index (χ0) is 15.9. The lowest BCUT2D eigenvalue weighted by Gasteiger charge is -2.56. The second-order valence-electron chi connectivity index (χ2n) is 8.37. The fraction of sp³-hybridized carbons (Fsp3) is 0.667. The minimum absolute atomic E-state index is 0.219. The van der Waals surface area contributed by atoms with E-state index in [4.69, 9.17) is 16.6 Å². The Morgan fingerprint density at radius 2 is 1.61 bits per heavy atom. The Morgan fingerprint density at radius 1 is 1.04 bits per heavy atom. The van der Waals surface area contributed by atoms with Crippen molar-refractivity contribution in [3.05, 3.63) is 29.8 Å². The first-order chi connectivity index (χ1) is 11.2. The van der Waals surface area contributed by atoms with Crippen LogP contribution in [0.2, 0.25) is 0 Å². The number of nitrogens with zero attached hydrogens (tertiary/aromatic N) is 1. The van der Waals surface area contributed by atoms with Crippen molar-refractivity contribution in [3.8, 4) is 0 Å². The highest BCUT2D eigenvalue weighted by Crippen LogP contribution is 2.61. The molecule has 0 aromatic heterocycles. The third kappa shape index (κ3) is 3.09. The topological polar surface area (TPSA) is 12.4 Å². The second-order valence-corrected chi connectivity index (χ2v) is 8.73. The Hall–Kier alpha value is -0.820. The smallest absolute Gasteiger partial charge is 0.113 e. The summed E-state index contributed by atoms with van der Waals surface area (Å²) < 4.78 is 0. The van der Waals surface area contributed by atoms with Crippen molar-refractivity contribution in [1.82, 2.24) is 0 Å². The van der Waals surface area contributed by atoms with E-state index in [-0.39, 0.29) is 5.41 Å². The standard InChI is InChI=1S/C21H28ClN/c1-2-3-4-15-5-7-19(8-6-15)23-20(22)21-12-16-9-17(13-21)11-18(10-16)14-21/h5-8,16-18H,2-4,9-14H2,1H3. The average molecular weight is 330 g/mol. The zero-order valence-electron chi connectivity index (χ0n) is 14.2. The third-order valence-corrected chi connectivity index (χ3v) is 6.94. The van der Waals surface area contributed by atoms with E-state index in [0.29, 0.717) is 0 Å². The second kappa shape index (κ2) is 6.24. The van der Waals surface area contributed by atoms with Gasteiger partial charge in [-0.1, -0.05) is 37.1 Å². The molecule has 0 N–H and O–H groups in total. The molecule has 0 heterocycles. The number of aliphatic imine (C=N–C) groups is 1. The van der Waals surface area contributed by atoms with Gasteiger partial charge < -0.3 is 0 Å². The molecule has 4 fully saturated rings. The van der Waals surface area contributed by atoms with E-state index in [0.717, 1.165) is 28.6 Å². The molecule has 4 bridgehead atoms. The van der Waals surface area contributed by atoms with Crippen molar-refractivity contribution in [3.63, 3.8) is 0 Å². The lowest BCUT2D eigenvalue weighted by Crippen LogP contribution is -2.48. The molecule has 23 heavy (non-hydrogen) atoms. The van der Waals surface area contributed by atoms with Gasteiger partial charge in [-0.3, -0.25) is 0 Å². The van der Waals surface area contributed by atoms with E-state index < -0.39 is 0 Å². The molecule has 0 unspecified atom stereocenters. The summed E-state index contributed by atoms with van der Waals surface area (Å²) >= 11 is 6.81. The molecule has 0 spiro atoms. The van der Waals surface area contributed by atoms with Gasteiger partial charge in [0.1, 0.15) is 5.17 Å². The van der Waals surface area contributed by atoms with Crippen LogP contribution in [-0.4, -0.2) is 5.17 Å². The van der Waals surface area contributed by atoms with Crippen LogP contribution in [0.25, 0.3) is 0 Å². The van der Waals surface area contributed by atoms with Crippen LogP contribution in [0.1, 0.15) is 63.9 Å². The van der Waals surface area contributed by atoms with Crippen LogP contribution in [0, 0.1) is 23.2 Å². The van der Waals surface area contributed by atoms with Crippen molar-refractivity contribution >= 4 is 22.5 Å². The van der Waals surface area contributed by atoms with Gasteiger partial charge in [0.05, 0.1) is 5.69 Å².